The highest BCUT2D eigenvalue weighted by molar-refractivity contribution is 6.90. The number of piperazine rings is 2. The van der Waals surface area contributed by atoms with Gasteiger partial charge in [-0.15, -0.1) is 5.54 Å². The smallest absolute Gasteiger partial charge is 0.410 e. The van der Waals surface area contributed by atoms with Gasteiger partial charge in [0.2, 0.25) is 5.91 Å². The number of nitrogens with zero attached hydrogens (tertiary/aromatic N) is 8. The summed E-state index contributed by atoms with van der Waals surface area (Å²) < 4.78 is 59.1. The Morgan fingerprint density at radius 2 is 1.46 bits per heavy atom. The molecule has 17 nitrogen and oxygen atoms in total. The Hall–Kier alpha value is -6.92. The van der Waals surface area contributed by atoms with E-state index in [-0.39, 0.29) is 76.7 Å². The molecule has 2 bridgehead atoms. The number of halogens is 2. The number of aromatic nitrogens is 2. The number of nitrogens with one attached hydrogen (secondary N) is 1. The van der Waals surface area contributed by atoms with Crippen molar-refractivity contribution in [1.29, 1.82) is 0 Å². The molecule has 504 valence electrons. The van der Waals surface area contributed by atoms with Crippen molar-refractivity contribution in [3.05, 3.63) is 82.9 Å². The predicted molar refractivity (Wildman–Crippen MR) is 366 cm³/mol. The number of imide groups is 1. The van der Waals surface area contributed by atoms with Gasteiger partial charge in [-0.05, 0) is 173 Å². The van der Waals surface area contributed by atoms with Gasteiger partial charge in [0.05, 0.1) is 24.3 Å². The Balaban J connectivity index is 0.737. The number of urea groups is 1. The fraction of sp³-hybridized carbons (Fsp3) is 0.595. The second-order valence-electron chi connectivity index (χ2n) is 30.4. The lowest BCUT2D eigenvalue weighted by Gasteiger charge is -2.47. The average molecular weight is 1310 g/mol. The molecule has 0 radical (unpaired) electrons. The maximum Gasteiger partial charge on any atom is 0.410 e. The van der Waals surface area contributed by atoms with Gasteiger partial charge in [0.25, 0.3) is 5.91 Å². The van der Waals surface area contributed by atoms with Crippen molar-refractivity contribution in [2.24, 2.45) is 16.7 Å². The standard InChI is InChI=1S/C74H97F2N9O8Si/c1-47(2)94(48(3)4,49(5)6)37-23-58-61(75)19-14-52-38-56(92-46-90-11)40-60(64(52)58)57-17-18-59-66(65(57)76)78-69(79-67(59)83-42-54-15-16-55(43-83)85(54)71(89)93-72(8,9)10)91-45-74(26-27-74)44-81-35-33-80(34-36-81)41-51-20-24-73(25-21-51)28-31-82(32-29-73)68(87)53-13-12-50(7)62(39-53)84-30-22-63(86)77-70(84)88/h12-14,17-19,38-40,47-49,51,54-55H,15-16,20-22,24-36,41-46H2,1-11H3,(H,77,86,88). The number of fused-ring (bicyclic) bond motifs is 4. The van der Waals surface area contributed by atoms with Gasteiger partial charge in [0, 0.05) is 119 Å². The zero-order chi connectivity index (χ0) is 66.6. The van der Waals surface area contributed by atoms with Crippen LogP contribution in [0.5, 0.6) is 11.8 Å². The lowest BCUT2D eigenvalue weighted by Crippen LogP contribution is -2.57. The molecule has 1 aromatic heterocycles. The number of hydrogen-bond acceptors (Lipinski definition) is 13. The monoisotopic (exact) mass is 1310 g/mol. The van der Waals surface area contributed by atoms with Crippen molar-refractivity contribution in [2.75, 3.05) is 102 Å². The van der Waals surface area contributed by atoms with Crippen LogP contribution in [-0.2, 0) is 14.3 Å². The van der Waals surface area contributed by atoms with Gasteiger partial charge in [-0.2, -0.15) is 9.97 Å². The number of piperidine rings is 1. The second kappa shape index (κ2) is 26.9. The molecule has 20 heteroatoms. The van der Waals surface area contributed by atoms with Crippen LogP contribution in [0.4, 0.5) is 29.9 Å². The Morgan fingerprint density at radius 3 is 2.10 bits per heavy atom. The highest BCUT2D eigenvalue weighted by atomic mass is 28.3. The molecule has 5 amide bonds. The summed E-state index contributed by atoms with van der Waals surface area (Å²) in [6, 6.07) is 15.2. The zero-order valence-corrected chi connectivity index (χ0v) is 58.2. The fourth-order valence-electron chi connectivity index (χ4n) is 16.8. The van der Waals surface area contributed by atoms with Crippen LogP contribution < -0.4 is 24.6 Å². The van der Waals surface area contributed by atoms with Crippen molar-refractivity contribution in [1.82, 2.24) is 34.9 Å². The minimum absolute atomic E-state index is 0.00522. The van der Waals surface area contributed by atoms with E-state index in [1.54, 1.807) is 30.2 Å². The van der Waals surface area contributed by atoms with E-state index in [2.05, 4.69) is 73.0 Å². The molecule has 2 atom stereocenters. The summed E-state index contributed by atoms with van der Waals surface area (Å²) in [6.07, 6.45) is 10.3. The first kappa shape index (κ1) is 67.1. The van der Waals surface area contributed by atoms with Crippen LogP contribution in [-0.4, -0.2) is 172 Å². The topological polar surface area (TPSA) is 162 Å². The van der Waals surface area contributed by atoms with E-state index in [0.717, 1.165) is 96.4 Å². The third-order valence-corrected chi connectivity index (χ3v) is 28.5. The van der Waals surface area contributed by atoms with E-state index < -0.39 is 31.3 Å². The molecular formula is C74H97F2N9O8Si. The first-order valence-corrected chi connectivity index (χ1v) is 36.9. The number of methoxy groups -OCH3 is 1. The van der Waals surface area contributed by atoms with Crippen LogP contribution in [0, 0.1) is 46.8 Å². The van der Waals surface area contributed by atoms with Gasteiger partial charge in [0.15, 0.2) is 12.6 Å². The summed E-state index contributed by atoms with van der Waals surface area (Å²) in [5, 5.41) is 4.04. The largest absolute Gasteiger partial charge is 0.468 e. The van der Waals surface area contributed by atoms with E-state index >= 15 is 8.78 Å². The van der Waals surface area contributed by atoms with E-state index in [0.29, 0.717) is 93.3 Å². The highest BCUT2D eigenvalue weighted by Gasteiger charge is 2.48. The van der Waals surface area contributed by atoms with Gasteiger partial charge in [0.1, 0.15) is 36.6 Å². The maximum atomic E-state index is 18.4. The van der Waals surface area contributed by atoms with Crippen molar-refractivity contribution in [3.8, 4) is 34.4 Å². The molecule has 2 saturated carbocycles. The number of anilines is 2. The molecular weight excluding hydrogens is 1210 g/mol. The Labute approximate surface area is 554 Å². The Kier molecular flexibility index (Phi) is 19.2. The molecule has 1 N–H and O–H groups in total. The van der Waals surface area contributed by atoms with E-state index in [9.17, 15) is 19.2 Å². The Morgan fingerprint density at radius 1 is 0.777 bits per heavy atom. The van der Waals surface area contributed by atoms with Gasteiger partial charge in [-0.1, -0.05) is 65.7 Å². The summed E-state index contributed by atoms with van der Waals surface area (Å²) in [5.41, 5.74) is 7.23. The SMILES string of the molecule is COCOc1cc(-c2ccc3c(N4CC5CCC(C4)N5C(=O)OC(C)(C)C)nc(OCC4(CN5CCN(CC6CCC7(CC6)CCN(C(=O)c6ccc(C)c(N8CCC(=O)NC8=O)c6)CC7)CC5)CC4)nc3c2F)c2c(C#C[Si](C(C)C)(C(C)C)C(C)C)c(F)ccc2c1. The van der Waals surface area contributed by atoms with Gasteiger partial charge < -0.3 is 38.5 Å². The molecule has 6 heterocycles. The van der Waals surface area contributed by atoms with Gasteiger partial charge >= 0.3 is 18.1 Å². The first-order chi connectivity index (χ1) is 44.9. The molecule has 5 aliphatic heterocycles. The molecule has 2 aliphatic carbocycles. The number of aryl methyl sites for hydroxylation is 1. The number of benzene rings is 4. The minimum Gasteiger partial charge on any atom is -0.468 e. The van der Waals surface area contributed by atoms with Crippen LogP contribution >= 0.6 is 0 Å². The van der Waals surface area contributed by atoms with Crippen LogP contribution in [0.1, 0.15) is 154 Å². The normalized spacial score (nSPS) is 21.2. The third kappa shape index (κ3) is 13.8. The molecule has 4 aromatic carbocycles. The molecule has 5 saturated heterocycles. The number of ether oxygens (including phenoxy) is 4. The average Bonchev–Trinajstić information content (AvgIpc) is 1.11. The molecule has 12 rings (SSSR count). The van der Waals surface area contributed by atoms with Crippen LogP contribution in [0.15, 0.2) is 54.6 Å². The zero-order valence-electron chi connectivity index (χ0n) is 57.2. The minimum atomic E-state index is -2.34. The lowest BCUT2D eigenvalue weighted by atomic mass is 9.65. The number of carbonyl (C=O) groups excluding carboxylic acids is 4. The highest BCUT2D eigenvalue weighted by Crippen LogP contribution is 2.50. The summed E-state index contributed by atoms with van der Waals surface area (Å²) in [5.74, 6) is 3.66. The number of carbonyl (C=O) groups is 4. The second-order valence-corrected chi connectivity index (χ2v) is 36.0. The number of amides is 5. The summed E-state index contributed by atoms with van der Waals surface area (Å²) >= 11 is 0. The van der Waals surface area contributed by atoms with Crippen molar-refractivity contribution < 1.29 is 46.9 Å². The number of rotatable bonds is 17. The molecule has 94 heavy (non-hydrogen) atoms. The molecule has 7 aliphatic rings. The predicted octanol–water partition coefficient (Wildman–Crippen LogP) is 13.5. The van der Waals surface area contributed by atoms with Gasteiger partial charge in [-0.3, -0.25) is 24.7 Å². The van der Waals surface area contributed by atoms with Gasteiger partial charge in [-0.25, -0.2) is 18.4 Å². The van der Waals surface area contributed by atoms with E-state index in [1.807, 2.05) is 67.8 Å². The quantitative estimate of drug-likeness (QED) is 0.0532. The van der Waals surface area contributed by atoms with Crippen LogP contribution in [0.25, 0.3) is 32.8 Å². The molecule has 5 aromatic rings. The van der Waals surface area contributed by atoms with E-state index in [1.165, 1.54) is 31.7 Å². The number of hydrogen-bond donors (Lipinski definition) is 1. The molecule has 2 unspecified atom stereocenters. The number of likely N-dealkylation sites (tertiary alicyclic amines) is 1. The molecule has 7 fully saturated rings. The Bertz CT molecular complexity index is 3720. The summed E-state index contributed by atoms with van der Waals surface area (Å²) in [4.78, 5) is 75.0. The maximum absolute atomic E-state index is 18.4. The molecule has 1 spiro atoms. The van der Waals surface area contributed by atoms with E-state index in [4.69, 9.17) is 28.9 Å². The summed E-state index contributed by atoms with van der Waals surface area (Å²) in [6.45, 7) is 29.9. The van der Waals surface area contributed by atoms with Crippen LogP contribution in [0.2, 0.25) is 16.6 Å². The lowest BCUT2D eigenvalue weighted by molar-refractivity contribution is -0.120. The first-order valence-electron chi connectivity index (χ1n) is 34.6. The summed E-state index contributed by atoms with van der Waals surface area (Å²) in [7, 11) is -0.801. The van der Waals surface area contributed by atoms with Crippen molar-refractivity contribution in [3.63, 3.8) is 0 Å². The fourth-order valence-corrected chi connectivity index (χ4v) is 22.0. The van der Waals surface area contributed by atoms with Crippen molar-refractivity contribution >= 4 is 65.2 Å². The van der Waals surface area contributed by atoms with Crippen molar-refractivity contribution in [2.45, 2.75) is 174 Å². The van der Waals surface area contributed by atoms with Crippen LogP contribution in [0.3, 0.4) is 0 Å². The third-order valence-electron chi connectivity index (χ3n) is 22.2.